The second kappa shape index (κ2) is 5.03. The molecule has 0 bridgehead atoms. The largest absolute Gasteiger partial charge is 0.351 e. The van der Waals surface area contributed by atoms with Crippen LogP contribution in [0.2, 0.25) is 0 Å². The van der Waals surface area contributed by atoms with E-state index in [9.17, 15) is 9.59 Å². The summed E-state index contributed by atoms with van der Waals surface area (Å²) in [5, 5.41) is 7.04. The summed E-state index contributed by atoms with van der Waals surface area (Å²) < 4.78 is 1.84. The monoisotopic (exact) mass is 262 g/mol. The Kier molecular flexibility index (Phi) is 3.23. The van der Waals surface area contributed by atoms with Crippen molar-refractivity contribution in [2.24, 2.45) is 5.92 Å². The number of hydrogen-bond acceptors (Lipinski definition) is 3. The van der Waals surface area contributed by atoms with Gasteiger partial charge in [-0.3, -0.25) is 14.3 Å². The van der Waals surface area contributed by atoms with Gasteiger partial charge in [0.25, 0.3) is 0 Å². The van der Waals surface area contributed by atoms with E-state index in [1.54, 1.807) is 6.20 Å². The fourth-order valence-corrected chi connectivity index (χ4v) is 2.93. The normalized spacial score (nSPS) is 25.5. The van der Waals surface area contributed by atoms with Crippen LogP contribution in [0, 0.1) is 5.92 Å². The van der Waals surface area contributed by atoms with Crippen molar-refractivity contribution in [2.75, 3.05) is 13.1 Å². The standard InChI is InChI=1S/C13H18N4O2/c18-12-7-10-8-16(9-11(10)15-12)13(19)3-1-5-17-6-2-4-14-17/h2,4,6,10-11H,1,3,5,7-9H2,(H,15,18)/t10-,11+/m0/s1. The molecule has 1 aromatic heterocycles. The van der Waals surface area contributed by atoms with Gasteiger partial charge in [0.05, 0.1) is 6.04 Å². The van der Waals surface area contributed by atoms with E-state index in [-0.39, 0.29) is 17.9 Å². The van der Waals surface area contributed by atoms with E-state index >= 15 is 0 Å². The number of aryl methyl sites for hydroxylation is 1. The third-order valence-corrected chi connectivity index (χ3v) is 3.92. The van der Waals surface area contributed by atoms with E-state index in [2.05, 4.69) is 10.4 Å². The second-order valence-electron chi connectivity index (χ2n) is 5.31. The predicted molar refractivity (Wildman–Crippen MR) is 68.1 cm³/mol. The highest BCUT2D eigenvalue weighted by Crippen LogP contribution is 2.25. The molecule has 0 saturated carbocycles. The molecule has 1 N–H and O–H groups in total. The average molecular weight is 262 g/mol. The van der Waals surface area contributed by atoms with Crippen LogP contribution in [0.4, 0.5) is 0 Å². The number of carbonyl (C=O) groups is 2. The lowest BCUT2D eigenvalue weighted by atomic mass is 10.1. The molecule has 2 saturated heterocycles. The Balaban J connectivity index is 1.43. The van der Waals surface area contributed by atoms with Crippen molar-refractivity contribution in [3.05, 3.63) is 18.5 Å². The molecule has 6 heteroatoms. The first-order chi connectivity index (χ1) is 9.22. The van der Waals surface area contributed by atoms with Gasteiger partial charge < -0.3 is 10.2 Å². The zero-order chi connectivity index (χ0) is 13.2. The zero-order valence-corrected chi connectivity index (χ0v) is 10.8. The van der Waals surface area contributed by atoms with Crippen LogP contribution in [-0.2, 0) is 16.1 Å². The zero-order valence-electron chi connectivity index (χ0n) is 10.8. The predicted octanol–water partition coefficient (Wildman–Crippen LogP) is 0.0102. The van der Waals surface area contributed by atoms with Crippen LogP contribution >= 0.6 is 0 Å². The maximum Gasteiger partial charge on any atom is 0.222 e. The van der Waals surface area contributed by atoms with Crippen LogP contribution in [0.25, 0.3) is 0 Å². The third kappa shape index (κ3) is 2.62. The number of nitrogens with one attached hydrogen (secondary N) is 1. The number of aromatic nitrogens is 2. The van der Waals surface area contributed by atoms with E-state index in [0.717, 1.165) is 19.5 Å². The van der Waals surface area contributed by atoms with Crippen LogP contribution in [0.1, 0.15) is 19.3 Å². The first kappa shape index (κ1) is 12.2. The number of carbonyl (C=O) groups excluding carboxylic acids is 2. The minimum Gasteiger partial charge on any atom is -0.351 e. The molecule has 3 rings (SSSR count). The Morgan fingerprint density at radius 1 is 1.47 bits per heavy atom. The highest BCUT2D eigenvalue weighted by molar-refractivity contribution is 5.81. The summed E-state index contributed by atoms with van der Waals surface area (Å²) >= 11 is 0. The average Bonchev–Trinajstić information content (AvgIpc) is 3.04. The van der Waals surface area contributed by atoms with Gasteiger partial charge in [-0.05, 0) is 12.5 Å². The molecule has 102 valence electrons. The van der Waals surface area contributed by atoms with E-state index in [4.69, 9.17) is 0 Å². The third-order valence-electron chi connectivity index (χ3n) is 3.92. The van der Waals surface area contributed by atoms with Crippen molar-refractivity contribution in [1.29, 1.82) is 0 Å². The molecule has 19 heavy (non-hydrogen) atoms. The Morgan fingerprint density at radius 2 is 2.37 bits per heavy atom. The molecule has 2 fully saturated rings. The Hall–Kier alpha value is -1.85. The SMILES string of the molecule is O=C1C[C@H]2CN(C(=O)CCCn3cccn3)C[C@H]2N1. The Bertz CT molecular complexity index is 455. The van der Waals surface area contributed by atoms with E-state index in [0.29, 0.717) is 25.3 Å². The number of fused-ring (bicyclic) bond motifs is 1. The van der Waals surface area contributed by atoms with Crippen molar-refractivity contribution >= 4 is 11.8 Å². The van der Waals surface area contributed by atoms with Gasteiger partial charge in [-0.25, -0.2) is 0 Å². The number of amides is 2. The minimum absolute atomic E-state index is 0.126. The lowest BCUT2D eigenvalue weighted by Gasteiger charge is -2.17. The lowest BCUT2D eigenvalue weighted by Crippen LogP contribution is -2.35. The molecule has 2 aliphatic heterocycles. The van der Waals surface area contributed by atoms with Gasteiger partial charge in [0, 0.05) is 50.8 Å². The van der Waals surface area contributed by atoms with Gasteiger partial charge >= 0.3 is 0 Å². The molecule has 0 unspecified atom stereocenters. The van der Waals surface area contributed by atoms with Gasteiger partial charge in [-0.15, -0.1) is 0 Å². The molecule has 0 spiro atoms. The van der Waals surface area contributed by atoms with Gasteiger partial charge in [0.15, 0.2) is 0 Å². The highest BCUT2D eigenvalue weighted by Gasteiger charge is 2.41. The van der Waals surface area contributed by atoms with Crippen LogP contribution in [0.5, 0.6) is 0 Å². The molecular formula is C13H18N4O2. The number of rotatable bonds is 4. The molecule has 6 nitrogen and oxygen atoms in total. The molecule has 2 aliphatic rings. The van der Waals surface area contributed by atoms with Gasteiger partial charge in [0.1, 0.15) is 0 Å². The molecular weight excluding hydrogens is 244 g/mol. The van der Waals surface area contributed by atoms with Crippen molar-refractivity contribution in [1.82, 2.24) is 20.0 Å². The van der Waals surface area contributed by atoms with Crippen molar-refractivity contribution < 1.29 is 9.59 Å². The van der Waals surface area contributed by atoms with Gasteiger partial charge in [-0.1, -0.05) is 0 Å². The lowest BCUT2D eigenvalue weighted by molar-refractivity contribution is -0.131. The molecule has 3 heterocycles. The van der Waals surface area contributed by atoms with Crippen molar-refractivity contribution in [3.63, 3.8) is 0 Å². The van der Waals surface area contributed by atoms with E-state index in [1.165, 1.54) is 0 Å². The number of hydrogen-bond donors (Lipinski definition) is 1. The van der Waals surface area contributed by atoms with Crippen LogP contribution < -0.4 is 5.32 Å². The number of nitrogens with zero attached hydrogens (tertiary/aromatic N) is 3. The number of likely N-dealkylation sites (tertiary alicyclic amines) is 1. The maximum atomic E-state index is 12.1. The van der Waals surface area contributed by atoms with Crippen LogP contribution in [-0.4, -0.2) is 45.6 Å². The Labute approximate surface area is 111 Å². The summed E-state index contributed by atoms with van der Waals surface area (Å²) in [5.74, 6) is 0.638. The summed E-state index contributed by atoms with van der Waals surface area (Å²) in [6.45, 7) is 2.18. The summed E-state index contributed by atoms with van der Waals surface area (Å²) in [4.78, 5) is 25.2. The quantitative estimate of drug-likeness (QED) is 0.831. The molecule has 1 aromatic rings. The van der Waals surface area contributed by atoms with Gasteiger partial charge in [-0.2, -0.15) is 5.10 Å². The van der Waals surface area contributed by atoms with E-state index < -0.39 is 0 Å². The molecule has 0 aliphatic carbocycles. The van der Waals surface area contributed by atoms with E-state index in [1.807, 2.05) is 21.8 Å². The maximum absolute atomic E-state index is 12.1. The summed E-state index contributed by atoms with van der Waals surface area (Å²) in [5.41, 5.74) is 0. The topological polar surface area (TPSA) is 67.2 Å². The molecule has 2 atom stereocenters. The van der Waals surface area contributed by atoms with Crippen LogP contribution in [0.15, 0.2) is 18.5 Å². The molecule has 2 amide bonds. The first-order valence-electron chi connectivity index (χ1n) is 6.77. The van der Waals surface area contributed by atoms with Crippen molar-refractivity contribution in [3.8, 4) is 0 Å². The fraction of sp³-hybridized carbons (Fsp3) is 0.615. The van der Waals surface area contributed by atoms with Crippen molar-refractivity contribution in [2.45, 2.75) is 31.8 Å². The summed E-state index contributed by atoms with van der Waals surface area (Å²) in [6.07, 6.45) is 5.57. The summed E-state index contributed by atoms with van der Waals surface area (Å²) in [7, 11) is 0. The smallest absolute Gasteiger partial charge is 0.222 e. The summed E-state index contributed by atoms with van der Waals surface area (Å²) in [6, 6.07) is 2.06. The fourth-order valence-electron chi connectivity index (χ4n) is 2.93. The van der Waals surface area contributed by atoms with Gasteiger partial charge in [0.2, 0.25) is 11.8 Å². The minimum atomic E-state index is 0.126. The highest BCUT2D eigenvalue weighted by atomic mass is 16.2. The van der Waals surface area contributed by atoms with Crippen LogP contribution in [0.3, 0.4) is 0 Å². The molecule has 0 radical (unpaired) electrons. The Morgan fingerprint density at radius 3 is 3.11 bits per heavy atom. The molecule has 0 aromatic carbocycles. The first-order valence-corrected chi connectivity index (χ1v) is 6.77. The second-order valence-corrected chi connectivity index (χ2v) is 5.31.